The topological polar surface area (TPSA) is 53.9 Å². The molecule has 0 aliphatic carbocycles. The molecule has 1 fully saturated rings. The van der Waals surface area contributed by atoms with Crippen molar-refractivity contribution in [3.63, 3.8) is 0 Å². The Morgan fingerprint density at radius 3 is 2.76 bits per heavy atom. The number of thiophene rings is 1. The molecule has 136 valence electrons. The van der Waals surface area contributed by atoms with E-state index in [1.54, 1.807) is 18.4 Å². The van der Waals surface area contributed by atoms with Gasteiger partial charge in [-0.05, 0) is 35.2 Å². The number of aliphatic imine (C=N–C) groups is 1. The Hall–Kier alpha value is -1.35. The molecule has 0 atom stereocenters. The summed E-state index contributed by atoms with van der Waals surface area (Å²) in [6, 6.07) is 8.45. The highest BCUT2D eigenvalue weighted by Crippen LogP contribution is 2.25. The SMILES string of the molecule is CN=C(NCc1csc2ccccc12)N1CCC(C(=O)OC)CC1.I. The number of halogens is 1. The van der Waals surface area contributed by atoms with Gasteiger partial charge in [0, 0.05) is 31.4 Å². The van der Waals surface area contributed by atoms with Gasteiger partial charge in [0.05, 0.1) is 13.0 Å². The summed E-state index contributed by atoms with van der Waals surface area (Å²) in [5.41, 5.74) is 1.29. The highest BCUT2D eigenvalue weighted by Gasteiger charge is 2.26. The first-order valence-corrected chi connectivity index (χ1v) is 9.09. The van der Waals surface area contributed by atoms with Crippen LogP contribution in [0.5, 0.6) is 0 Å². The molecule has 1 aliphatic heterocycles. The van der Waals surface area contributed by atoms with Crippen molar-refractivity contribution in [1.29, 1.82) is 0 Å². The maximum absolute atomic E-state index is 11.6. The standard InChI is InChI=1S/C18H23N3O2S.HI/c1-19-18(21-9-7-13(8-10-21)17(22)23-2)20-11-14-12-24-16-6-4-3-5-15(14)16;/h3-6,12-13H,7-11H2,1-2H3,(H,19,20);1H. The lowest BCUT2D eigenvalue weighted by atomic mass is 9.97. The van der Waals surface area contributed by atoms with Crippen LogP contribution in [0.2, 0.25) is 0 Å². The predicted octanol–water partition coefficient (Wildman–Crippen LogP) is 3.48. The summed E-state index contributed by atoms with van der Waals surface area (Å²) in [6.07, 6.45) is 1.63. The number of hydrogen-bond donors (Lipinski definition) is 1. The highest BCUT2D eigenvalue weighted by atomic mass is 127. The number of nitrogens with zero attached hydrogens (tertiary/aromatic N) is 2. The molecule has 3 rings (SSSR count). The van der Waals surface area contributed by atoms with Gasteiger partial charge in [-0.2, -0.15) is 0 Å². The van der Waals surface area contributed by atoms with Gasteiger partial charge in [-0.15, -0.1) is 35.3 Å². The van der Waals surface area contributed by atoms with Crippen molar-refractivity contribution in [3.8, 4) is 0 Å². The lowest BCUT2D eigenvalue weighted by Gasteiger charge is -2.33. The number of piperidine rings is 1. The van der Waals surface area contributed by atoms with Gasteiger partial charge < -0.3 is 15.0 Å². The minimum absolute atomic E-state index is 0. The molecule has 25 heavy (non-hydrogen) atoms. The molecule has 0 unspecified atom stereocenters. The monoisotopic (exact) mass is 473 g/mol. The van der Waals surface area contributed by atoms with E-state index in [2.05, 4.69) is 44.9 Å². The van der Waals surface area contributed by atoms with Crippen LogP contribution >= 0.6 is 35.3 Å². The molecule has 1 aromatic carbocycles. The lowest BCUT2D eigenvalue weighted by molar-refractivity contribution is -0.146. The number of fused-ring (bicyclic) bond motifs is 1. The molecule has 1 aromatic heterocycles. The first-order valence-electron chi connectivity index (χ1n) is 8.21. The Kier molecular flexibility index (Phi) is 7.49. The van der Waals surface area contributed by atoms with E-state index in [0.29, 0.717) is 0 Å². The van der Waals surface area contributed by atoms with Crippen LogP contribution in [0.4, 0.5) is 0 Å². The maximum atomic E-state index is 11.6. The zero-order chi connectivity index (χ0) is 16.9. The van der Waals surface area contributed by atoms with Gasteiger partial charge in [-0.3, -0.25) is 9.79 Å². The predicted molar refractivity (Wildman–Crippen MR) is 114 cm³/mol. The molecule has 1 aliphatic rings. The maximum Gasteiger partial charge on any atom is 0.308 e. The first-order chi connectivity index (χ1) is 11.7. The smallest absolute Gasteiger partial charge is 0.308 e. The number of benzene rings is 1. The number of guanidine groups is 1. The fraction of sp³-hybridized carbons (Fsp3) is 0.444. The molecular weight excluding hydrogens is 449 g/mol. The number of hydrogen-bond acceptors (Lipinski definition) is 4. The molecule has 2 heterocycles. The molecule has 0 radical (unpaired) electrons. The molecule has 0 spiro atoms. The van der Waals surface area contributed by atoms with E-state index >= 15 is 0 Å². The molecule has 1 saturated heterocycles. The van der Waals surface area contributed by atoms with Crippen molar-refractivity contribution in [1.82, 2.24) is 10.2 Å². The second kappa shape index (κ2) is 9.38. The van der Waals surface area contributed by atoms with Gasteiger partial charge in [0.25, 0.3) is 0 Å². The average molecular weight is 473 g/mol. The minimum atomic E-state index is -0.0951. The van der Waals surface area contributed by atoms with E-state index in [1.807, 2.05) is 0 Å². The van der Waals surface area contributed by atoms with Crippen LogP contribution in [0.25, 0.3) is 10.1 Å². The van der Waals surface area contributed by atoms with E-state index in [0.717, 1.165) is 38.4 Å². The second-order valence-electron chi connectivity index (χ2n) is 5.94. The van der Waals surface area contributed by atoms with Crippen molar-refractivity contribution in [2.45, 2.75) is 19.4 Å². The van der Waals surface area contributed by atoms with Crippen molar-refractivity contribution in [3.05, 3.63) is 35.2 Å². The quantitative estimate of drug-likeness (QED) is 0.321. The second-order valence-corrected chi connectivity index (χ2v) is 6.85. The Morgan fingerprint density at radius 2 is 2.08 bits per heavy atom. The molecule has 5 nitrogen and oxygen atoms in total. The van der Waals surface area contributed by atoms with Gasteiger partial charge in [0.15, 0.2) is 5.96 Å². The number of nitrogens with one attached hydrogen (secondary N) is 1. The fourth-order valence-corrected chi connectivity index (χ4v) is 4.13. The number of methoxy groups -OCH3 is 1. The summed E-state index contributed by atoms with van der Waals surface area (Å²) in [6.45, 7) is 2.40. The largest absolute Gasteiger partial charge is 0.469 e. The van der Waals surface area contributed by atoms with Gasteiger partial charge in [0.1, 0.15) is 0 Å². The number of rotatable bonds is 3. The van der Waals surface area contributed by atoms with E-state index in [-0.39, 0.29) is 35.9 Å². The van der Waals surface area contributed by atoms with Crippen molar-refractivity contribution in [2.24, 2.45) is 10.9 Å². The van der Waals surface area contributed by atoms with Crippen LogP contribution in [-0.4, -0.2) is 44.1 Å². The summed E-state index contributed by atoms with van der Waals surface area (Å²) >= 11 is 1.77. The summed E-state index contributed by atoms with van der Waals surface area (Å²) in [7, 11) is 3.26. The van der Waals surface area contributed by atoms with Crippen LogP contribution in [0, 0.1) is 5.92 Å². The first kappa shape index (κ1) is 20.0. The van der Waals surface area contributed by atoms with Crippen molar-refractivity contribution < 1.29 is 9.53 Å². The summed E-state index contributed by atoms with van der Waals surface area (Å²) in [4.78, 5) is 18.2. The number of carbonyl (C=O) groups is 1. The Balaban J connectivity index is 0.00000225. The Labute approximate surface area is 169 Å². The third-order valence-corrected chi connectivity index (χ3v) is 5.55. The molecule has 0 amide bonds. The number of ether oxygens (including phenoxy) is 1. The minimum Gasteiger partial charge on any atom is -0.469 e. The third kappa shape index (κ3) is 4.63. The number of likely N-dealkylation sites (tertiary alicyclic amines) is 1. The zero-order valence-corrected chi connectivity index (χ0v) is 17.7. The molecule has 0 saturated carbocycles. The lowest BCUT2D eigenvalue weighted by Crippen LogP contribution is -2.46. The molecule has 1 N–H and O–H groups in total. The van der Waals surface area contributed by atoms with Crippen LogP contribution < -0.4 is 5.32 Å². The Morgan fingerprint density at radius 1 is 1.36 bits per heavy atom. The van der Waals surface area contributed by atoms with Crippen LogP contribution in [0.3, 0.4) is 0 Å². The Bertz CT molecular complexity index is 739. The molecule has 7 heteroatoms. The fourth-order valence-electron chi connectivity index (χ4n) is 3.17. The average Bonchev–Trinajstić information content (AvgIpc) is 3.05. The van der Waals surface area contributed by atoms with E-state index in [9.17, 15) is 4.79 Å². The third-order valence-electron chi connectivity index (χ3n) is 4.54. The van der Waals surface area contributed by atoms with E-state index < -0.39 is 0 Å². The van der Waals surface area contributed by atoms with Gasteiger partial charge in [-0.1, -0.05) is 18.2 Å². The molecule has 2 aromatic rings. The van der Waals surface area contributed by atoms with Gasteiger partial charge >= 0.3 is 5.97 Å². The van der Waals surface area contributed by atoms with Crippen LogP contribution in [0.15, 0.2) is 34.6 Å². The summed E-state index contributed by atoms with van der Waals surface area (Å²) in [5, 5.41) is 6.96. The van der Waals surface area contributed by atoms with Gasteiger partial charge in [0.2, 0.25) is 0 Å². The number of carbonyl (C=O) groups excluding carboxylic acids is 1. The van der Waals surface area contributed by atoms with E-state index in [4.69, 9.17) is 4.74 Å². The van der Waals surface area contributed by atoms with Gasteiger partial charge in [-0.25, -0.2) is 0 Å². The van der Waals surface area contributed by atoms with Crippen LogP contribution in [-0.2, 0) is 16.1 Å². The molecular formula is C18H24IN3O2S. The molecule has 0 bridgehead atoms. The normalized spacial score (nSPS) is 15.8. The number of esters is 1. The highest BCUT2D eigenvalue weighted by molar-refractivity contribution is 14.0. The zero-order valence-electron chi connectivity index (χ0n) is 14.5. The summed E-state index contributed by atoms with van der Waals surface area (Å²) < 4.78 is 6.16. The van der Waals surface area contributed by atoms with Crippen molar-refractivity contribution in [2.75, 3.05) is 27.2 Å². The van der Waals surface area contributed by atoms with Crippen molar-refractivity contribution >= 4 is 57.3 Å². The summed E-state index contributed by atoms with van der Waals surface area (Å²) in [5.74, 6) is 0.820. The van der Waals surface area contributed by atoms with E-state index in [1.165, 1.54) is 22.8 Å². The van der Waals surface area contributed by atoms with Crippen LogP contribution in [0.1, 0.15) is 18.4 Å².